The van der Waals surface area contributed by atoms with E-state index in [1.54, 1.807) is 13.0 Å². The van der Waals surface area contributed by atoms with Crippen LogP contribution >= 0.6 is 0 Å². The second kappa shape index (κ2) is 5.32. The maximum Gasteiger partial charge on any atom is 0.322 e. The standard InChI is InChI=1S/C12H16N4O4/c1-12(10(17)18)4-6-16(7-12)11(19)14-8-3-5-13-15-9(8)20-2/h3,5H,4,6-7H2,1-2H3,(H,17,18)(H,13,14,19). The molecular formula is C12H16N4O4. The molecule has 8 heteroatoms. The summed E-state index contributed by atoms with van der Waals surface area (Å²) >= 11 is 0. The van der Waals surface area contributed by atoms with Crippen molar-refractivity contribution in [3.8, 4) is 5.88 Å². The fourth-order valence-corrected chi connectivity index (χ4v) is 2.07. The van der Waals surface area contributed by atoms with Crippen molar-refractivity contribution in [2.24, 2.45) is 5.41 Å². The van der Waals surface area contributed by atoms with E-state index in [0.29, 0.717) is 18.7 Å². The number of amides is 2. The molecule has 1 aliphatic rings. The first-order chi connectivity index (χ1) is 9.46. The number of carbonyl (C=O) groups excluding carboxylic acids is 1. The summed E-state index contributed by atoms with van der Waals surface area (Å²) in [7, 11) is 1.43. The highest BCUT2D eigenvalue weighted by Crippen LogP contribution is 2.30. The first-order valence-electron chi connectivity index (χ1n) is 6.11. The number of carbonyl (C=O) groups is 2. The number of ether oxygens (including phenoxy) is 1. The van der Waals surface area contributed by atoms with Crippen LogP contribution in [0.25, 0.3) is 0 Å². The SMILES string of the molecule is COc1nnccc1NC(=O)N1CCC(C)(C(=O)O)C1. The monoisotopic (exact) mass is 280 g/mol. The number of urea groups is 1. The van der Waals surface area contributed by atoms with Crippen molar-refractivity contribution in [1.29, 1.82) is 0 Å². The maximum absolute atomic E-state index is 12.1. The third kappa shape index (κ3) is 2.63. The van der Waals surface area contributed by atoms with Crippen LogP contribution in [-0.4, -0.2) is 52.4 Å². The first-order valence-corrected chi connectivity index (χ1v) is 6.11. The third-order valence-corrected chi connectivity index (χ3v) is 3.40. The molecule has 0 radical (unpaired) electrons. The summed E-state index contributed by atoms with van der Waals surface area (Å²) in [5.74, 6) is -0.683. The van der Waals surface area contributed by atoms with Crippen LogP contribution in [0.15, 0.2) is 12.3 Å². The minimum absolute atomic E-state index is 0.176. The Bertz CT molecular complexity index is 536. The number of nitrogens with one attached hydrogen (secondary N) is 1. The van der Waals surface area contributed by atoms with Crippen LogP contribution in [-0.2, 0) is 4.79 Å². The van der Waals surface area contributed by atoms with Crippen LogP contribution in [0.2, 0.25) is 0 Å². The summed E-state index contributed by atoms with van der Waals surface area (Å²) in [6.07, 6.45) is 1.87. The second-order valence-electron chi connectivity index (χ2n) is 4.92. The van der Waals surface area contributed by atoms with Gasteiger partial charge in [-0.15, -0.1) is 5.10 Å². The van der Waals surface area contributed by atoms with Gasteiger partial charge in [0.2, 0.25) is 0 Å². The summed E-state index contributed by atoms with van der Waals surface area (Å²) in [5.41, 5.74) is -0.491. The molecule has 2 amide bonds. The maximum atomic E-state index is 12.1. The Morgan fingerprint density at radius 1 is 1.55 bits per heavy atom. The van der Waals surface area contributed by atoms with Crippen LogP contribution in [0.3, 0.4) is 0 Å². The Morgan fingerprint density at radius 2 is 2.30 bits per heavy atom. The molecule has 2 rings (SSSR count). The van der Waals surface area contributed by atoms with Gasteiger partial charge in [0.15, 0.2) is 0 Å². The molecule has 108 valence electrons. The summed E-state index contributed by atoms with van der Waals surface area (Å²) < 4.78 is 4.99. The van der Waals surface area contributed by atoms with Gasteiger partial charge >= 0.3 is 12.0 Å². The van der Waals surface area contributed by atoms with E-state index in [1.165, 1.54) is 18.2 Å². The smallest absolute Gasteiger partial charge is 0.322 e. The lowest BCUT2D eigenvalue weighted by molar-refractivity contribution is -0.146. The predicted octanol–water partition coefficient (Wildman–Crippen LogP) is 0.814. The van der Waals surface area contributed by atoms with Crippen LogP contribution in [0.5, 0.6) is 5.88 Å². The molecule has 2 heterocycles. The molecule has 8 nitrogen and oxygen atoms in total. The molecule has 2 N–H and O–H groups in total. The number of rotatable bonds is 3. The second-order valence-corrected chi connectivity index (χ2v) is 4.92. The van der Waals surface area contributed by atoms with Gasteiger partial charge in [-0.25, -0.2) is 4.79 Å². The van der Waals surface area contributed by atoms with E-state index in [0.717, 1.165) is 0 Å². The molecule has 1 saturated heterocycles. The van der Waals surface area contributed by atoms with Gasteiger partial charge in [-0.3, -0.25) is 4.79 Å². The highest BCUT2D eigenvalue weighted by molar-refractivity contribution is 5.91. The van der Waals surface area contributed by atoms with E-state index in [2.05, 4.69) is 15.5 Å². The molecule has 1 unspecified atom stereocenters. The Morgan fingerprint density at radius 3 is 2.90 bits per heavy atom. The van der Waals surface area contributed by atoms with E-state index < -0.39 is 11.4 Å². The Kier molecular flexibility index (Phi) is 3.73. The highest BCUT2D eigenvalue weighted by Gasteiger charge is 2.42. The molecule has 0 bridgehead atoms. The molecule has 0 aromatic carbocycles. The zero-order valence-electron chi connectivity index (χ0n) is 11.3. The minimum Gasteiger partial charge on any atom is -0.481 e. The first kappa shape index (κ1) is 14.0. The van der Waals surface area contributed by atoms with E-state index in [1.807, 2.05) is 0 Å². The van der Waals surface area contributed by atoms with Crippen molar-refractivity contribution < 1.29 is 19.4 Å². The van der Waals surface area contributed by atoms with Gasteiger partial charge in [0.25, 0.3) is 5.88 Å². The number of carboxylic acids is 1. The minimum atomic E-state index is -0.893. The van der Waals surface area contributed by atoms with Crippen LogP contribution < -0.4 is 10.1 Å². The average Bonchev–Trinajstić information content (AvgIpc) is 2.83. The number of likely N-dealkylation sites (tertiary alicyclic amines) is 1. The lowest BCUT2D eigenvalue weighted by Crippen LogP contribution is -2.37. The van der Waals surface area contributed by atoms with E-state index >= 15 is 0 Å². The molecule has 0 saturated carbocycles. The summed E-state index contributed by atoms with van der Waals surface area (Å²) in [6.45, 7) is 2.21. The van der Waals surface area contributed by atoms with Crippen LogP contribution in [0.4, 0.5) is 10.5 Å². The summed E-state index contributed by atoms with van der Waals surface area (Å²) in [6, 6.07) is 1.19. The van der Waals surface area contributed by atoms with Crippen molar-refractivity contribution in [2.75, 3.05) is 25.5 Å². The predicted molar refractivity (Wildman–Crippen MR) is 69.5 cm³/mol. The fourth-order valence-electron chi connectivity index (χ4n) is 2.07. The van der Waals surface area contributed by atoms with E-state index in [4.69, 9.17) is 9.84 Å². The normalized spacial score (nSPS) is 21.6. The number of carboxylic acid groups (broad SMARTS) is 1. The van der Waals surface area contributed by atoms with Crippen molar-refractivity contribution in [3.63, 3.8) is 0 Å². The number of hydrogen-bond donors (Lipinski definition) is 2. The quantitative estimate of drug-likeness (QED) is 0.849. The van der Waals surface area contributed by atoms with Crippen LogP contribution in [0, 0.1) is 5.41 Å². The lowest BCUT2D eigenvalue weighted by Gasteiger charge is -2.20. The average molecular weight is 280 g/mol. The lowest BCUT2D eigenvalue weighted by atomic mass is 9.90. The van der Waals surface area contributed by atoms with Gasteiger partial charge < -0.3 is 20.1 Å². The molecule has 0 aliphatic carbocycles. The van der Waals surface area contributed by atoms with Gasteiger partial charge in [0.1, 0.15) is 5.69 Å². The fraction of sp³-hybridized carbons (Fsp3) is 0.500. The number of aromatic nitrogens is 2. The number of aliphatic carboxylic acids is 1. The van der Waals surface area contributed by atoms with Crippen molar-refractivity contribution >= 4 is 17.7 Å². The number of hydrogen-bond acceptors (Lipinski definition) is 5. The Labute approximate surface area is 115 Å². The van der Waals surface area contributed by atoms with Crippen molar-refractivity contribution in [1.82, 2.24) is 15.1 Å². The zero-order chi connectivity index (χ0) is 14.8. The highest BCUT2D eigenvalue weighted by atomic mass is 16.5. The molecule has 1 fully saturated rings. The van der Waals surface area contributed by atoms with Gasteiger partial charge in [-0.1, -0.05) is 0 Å². The molecule has 0 spiro atoms. The van der Waals surface area contributed by atoms with Crippen LogP contribution in [0.1, 0.15) is 13.3 Å². The number of nitrogens with zero attached hydrogens (tertiary/aromatic N) is 3. The van der Waals surface area contributed by atoms with Gasteiger partial charge in [0.05, 0.1) is 18.7 Å². The molecular weight excluding hydrogens is 264 g/mol. The number of anilines is 1. The zero-order valence-corrected chi connectivity index (χ0v) is 11.3. The molecule has 20 heavy (non-hydrogen) atoms. The molecule has 1 atom stereocenters. The van der Waals surface area contributed by atoms with Gasteiger partial charge in [-0.2, -0.15) is 5.10 Å². The molecule has 1 aromatic heterocycles. The molecule has 1 aliphatic heterocycles. The largest absolute Gasteiger partial charge is 0.481 e. The van der Waals surface area contributed by atoms with Crippen molar-refractivity contribution in [2.45, 2.75) is 13.3 Å². The van der Waals surface area contributed by atoms with E-state index in [-0.39, 0.29) is 18.5 Å². The third-order valence-electron chi connectivity index (χ3n) is 3.40. The van der Waals surface area contributed by atoms with Crippen molar-refractivity contribution in [3.05, 3.63) is 12.3 Å². The molecule has 1 aromatic rings. The van der Waals surface area contributed by atoms with E-state index in [9.17, 15) is 9.59 Å². The number of methoxy groups -OCH3 is 1. The topological polar surface area (TPSA) is 105 Å². The summed E-state index contributed by atoms with van der Waals surface area (Å²) in [5, 5.41) is 19.2. The summed E-state index contributed by atoms with van der Waals surface area (Å²) in [4.78, 5) is 24.7. The Balaban J connectivity index is 2.05. The van der Waals surface area contributed by atoms with Gasteiger partial charge in [0, 0.05) is 13.1 Å². The van der Waals surface area contributed by atoms with Gasteiger partial charge in [-0.05, 0) is 19.4 Å². The Hall–Kier alpha value is -2.38.